The summed E-state index contributed by atoms with van der Waals surface area (Å²) in [5.74, 6) is -6.47. The molecule has 0 saturated heterocycles. The molecule has 1 fully saturated rings. The Hall–Kier alpha value is -2.17. The van der Waals surface area contributed by atoms with E-state index >= 15 is 0 Å². The maximum atomic E-state index is 14.9. The first-order valence-electron chi connectivity index (χ1n) is 10.6. The topological polar surface area (TPSA) is 0 Å². The summed E-state index contributed by atoms with van der Waals surface area (Å²) in [7, 11) is 0. The zero-order chi connectivity index (χ0) is 21.8. The number of fused-ring (bicyclic) bond motifs is 1. The Bertz CT molecular complexity index is 952. The summed E-state index contributed by atoms with van der Waals surface area (Å²) in [4.78, 5) is 0. The van der Waals surface area contributed by atoms with Gasteiger partial charge in [-0.15, -0.1) is 6.58 Å². The van der Waals surface area contributed by atoms with Crippen molar-refractivity contribution >= 4 is 16.6 Å². The zero-order valence-electron chi connectivity index (χ0n) is 17.2. The smallest absolute Gasteiger partial charge is 0.170 e. The third kappa shape index (κ3) is 4.45. The number of allylic oxidation sites excluding steroid dienone is 2. The highest BCUT2D eigenvalue weighted by Crippen LogP contribution is 2.40. The molecule has 162 valence electrons. The summed E-state index contributed by atoms with van der Waals surface area (Å²) in [5, 5.41) is -0.538. The van der Waals surface area contributed by atoms with E-state index in [1.165, 1.54) is 12.1 Å². The average Bonchev–Trinajstić information content (AvgIpc) is 2.75. The van der Waals surface area contributed by atoms with E-state index in [-0.39, 0.29) is 17.4 Å². The number of hydrogen-bond acceptors (Lipinski definition) is 0. The van der Waals surface area contributed by atoms with Crippen molar-refractivity contribution in [3.8, 4) is 0 Å². The van der Waals surface area contributed by atoms with Gasteiger partial charge in [0.25, 0.3) is 0 Å². The van der Waals surface area contributed by atoms with Crippen LogP contribution in [-0.4, -0.2) is 0 Å². The lowest BCUT2D eigenvalue weighted by Gasteiger charge is -2.27. The van der Waals surface area contributed by atoms with E-state index in [1.54, 1.807) is 6.08 Å². The zero-order valence-corrected chi connectivity index (χ0v) is 17.2. The fourth-order valence-corrected chi connectivity index (χ4v) is 4.46. The summed E-state index contributed by atoms with van der Waals surface area (Å²) >= 11 is 0. The molecule has 0 nitrogen and oxygen atoms in total. The molecule has 5 heteroatoms. The molecule has 30 heavy (non-hydrogen) atoms. The second-order valence-electron chi connectivity index (χ2n) is 8.18. The highest BCUT2D eigenvalue weighted by molar-refractivity contribution is 5.88. The van der Waals surface area contributed by atoms with Crippen molar-refractivity contribution in [1.82, 2.24) is 0 Å². The molecule has 1 aliphatic rings. The van der Waals surface area contributed by atoms with Gasteiger partial charge in [0.2, 0.25) is 0 Å². The molecule has 0 aliphatic heterocycles. The Balaban J connectivity index is 1.96. The molecule has 3 rings (SSSR count). The lowest BCUT2D eigenvalue weighted by atomic mass is 9.79. The number of halogens is 5. The van der Waals surface area contributed by atoms with Crippen LogP contribution in [0.4, 0.5) is 22.0 Å². The normalized spacial score (nSPS) is 20.3. The van der Waals surface area contributed by atoms with Crippen LogP contribution in [0.15, 0.2) is 36.7 Å². The molecule has 0 aromatic heterocycles. The van der Waals surface area contributed by atoms with Gasteiger partial charge < -0.3 is 0 Å². The van der Waals surface area contributed by atoms with Gasteiger partial charge in [-0.3, -0.25) is 0 Å². The Labute approximate surface area is 174 Å². The lowest BCUT2D eigenvalue weighted by molar-refractivity contribution is 0.261. The van der Waals surface area contributed by atoms with Crippen LogP contribution in [0.2, 0.25) is 0 Å². The number of hydrogen-bond donors (Lipinski definition) is 0. The second kappa shape index (κ2) is 9.76. The summed E-state index contributed by atoms with van der Waals surface area (Å²) < 4.78 is 73.7. The SMILES string of the molecule is C=CCCc1ccc2cc(C(F)=C(F)C3CCC(CCC)CC3)c(F)c(F)c2c1F. The Morgan fingerprint density at radius 2 is 1.73 bits per heavy atom. The minimum atomic E-state index is -1.56. The van der Waals surface area contributed by atoms with Crippen molar-refractivity contribution in [2.75, 3.05) is 0 Å². The van der Waals surface area contributed by atoms with Gasteiger partial charge in [-0.05, 0) is 61.5 Å². The predicted octanol–water partition coefficient (Wildman–Crippen LogP) is 8.59. The van der Waals surface area contributed by atoms with Crippen LogP contribution in [0.5, 0.6) is 0 Å². The quantitative estimate of drug-likeness (QED) is 0.310. The van der Waals surface area contributed by atoms with Crippen molar-refractivity contribution in [2.45, 2.75) is 58.3 Å². The number of benzene rings is 2. The van der Waals surface area contributed by atoms with Crippen molar-refractivity contribution in [3.63, 3.8) is 0 Å². The maximum Gasteiger partial charge on any atom is 0.170 e. The van der Waals surface area contributed by atoms with Crippen LogP contribution in [0.3, 0.4) is 0 Å². The molecule has 0 spiro atoms. The van der Waals surface area contributed by atoms with Gasteiger partial charge in [0.15, 0.2) is 17.5 Å². The molecule has 1 saturated carbocycles. The van der Waals surface area contributed by atoms with Crippen LogP contribution in [0.1, 0.15) is 63.0 Å². The van der Waals surface area contributed by atoms with E-state index < -0.39 is 46.0 Å². The van der Waals surface area contributed by atoms with Gasteiger partial charge in [-0.1, -0.05) is 38.0 Å². The van der Waals surface area contributed by atoms with E-state index in [9.17, 15) is 22.0 Å². The first-order valence-corrected chi connectivity index (χ1v) is 10.6. The first-order chi connectivity index (χ1) is 14.4. The van der Waals surface area contributed by atoms with Gasteiger partial charge in [-0.2, -0.15) is 0 Å². The van der Waals surface area contributed by atoms with Gasteiger partial charge in [0, 0.05) is 5.92 Å². The summed E-state index contributed by atoms with van der Waals surface area (Å²) in [6, 6.07) is 3.85. The molecule has 2 aromatic rings. The summed E-state index contributed by atoms with van der Waals surface area (Å²) in [6.45, 7) is 5.65. The van der Waals surface area contributed by atoms with Crippen LogP contribution >= 0.6 is 0 Å². The molecular formula is C25H27F5. The maximum absolute atomic E-state index is 14.9. The fraction of sp³-hybridized carbons (Fsp3) is 0.440. The van der Waals surface area contributed by atoms with Crippen LogP contribution in [0.25, 0.3) is 16.6 Å². The van der Waals surface area contributed by atoms with E-state index in [0.29, 0.717) is 25.2 Å². The van der Waals surface area contributed by atoms with Crippen molar-refractivity contribution in [2.24, 2.45) is 11.8 Å². The fourth-order valence-electron chi connectivity index (χ4n) is 4.46. The van der Waals surface area contributed by atoms with Crippen LogP contribution in [-0.2, 0) is 6.42 Å². The average molecular weight is 422 g/mol. The highest BCUT2D eigenvalue weighted by atomic mass is 19.2. The lowest BCUT2D eigenvalue weighted by Crippen LogP contribution is -2.15. The molecule has 0 atom stereocenters. The molecule has 1 aliphatic carbocycles. The molecular weight excluding hydrogens is 395 g/mol. The van der Waals surface area contributed by atoms with Crippen molar-refractivity contribution in [1.29, 1.82) is 0 Å². The highest BCUT2D eigenvalue weighted by Gasteiger charge is 2.29. The van der Waals surface area contributed by atoms with Gasteiger partial charge in [-0.25, -0.2) is 22.0 Å². The molecule has 0 bridgehead atoms. The summed E-state index contributed by atoms with van der Waals surface area (Å²) in [5.41, 5.74) is -0.564. The van der Waals surface area contributed by atoms with Gasteiger partial charge in [0.1, 0.15) is 11.6 Å². The minimum Gasteiger partial charge on any atom is -0.208 e. The Morgan fingerprint density at radius 3 is 2.37 bits per heavy atom. The van der Waals surface area contributed by atoms with Gasteiger partial charge in [0.05, 0.1) is 10.9 Å². The minimum absolute atomic E-state index is 0.00152. The largest absolute Gasteiger partial charge is 0.208 e. The van der Waals surface area contributed by atoms with Crippen molar-refractivity contribution in [3.05, 3.63) is 65.3 Å². The predicted molar refractivity (Wildman–Crippen MR) is 112 cm³/mol. The third-order valence-electron chi connectivity index (χ3n) is 6.17. The third-order valence-corrected chi connectivity index (χ3v) is 6.17. The van der Waals surface area contributed by atoms with E-state index in [0.717, 1.165) is 31.7 Å². The molecule has 0 N–H and O–H groups in total. The van der Waals surface area contributed by atoms with Crippen molar-refractivity contribution < 1.29 is 22.0 Å². The molecule has 2 aromatic carbocycles. The van der Waals surface area contributed by atoms with Crippen LogP contribution < -0.4 is 0 Å². The Kier molecular flexibility index (Phi) is 7.32. The van der Waals surface area contributed by atoms with Crippen LogP contribution in [0, 0.1) is 29.3 Å². The van der Waals surface area contributed by atoms with Gasteiger partial charge >= 0.3 is 0 Å². The molecule has 0 amide bonds. The second-order valence-corrected chi connectivity index (χ2v) is 8.18. The summed E-state index contributed by atoms with van der Waals surface area (Å²) in [6.07, 6.45) is 7.05. The Morgan fingerprint density at radius 1 is 1.03 bits per heavy atom. The van der Waals surface area contributed by atoms with E-state index in [2.05, 4.69) is 13.5 Å². The van der Waals surface area contributed by atoms with E-state index in [4.69, 9.17) is 0 Å². The molecule has 0 radical (unpaired) electrons. The molecule has 0 unspecified atom stereocenters. The number of aryl methyl sites for hydroxylation is 1. The number of rotatable bonds is 7. The first kappa shape index (κ1) is 22.5. The molecule has 0 heterocycles. The van der Waals surface area contributed by atoms with E-state index in [1.807, 2.05) is 0 Å². The standard InChI is InChI=1S/C25H27F5/c1-3-5-7-16-12-13-18-14-19(24(29)25(30)20(18)21(16)26)23(28)22(27)17-10-8-15(6-4-2)9-11-17/h3,12-15,17H,1,4-11H2,2H3. The monoisotopic (exact) mass is 422 g/mol.